The van der Waals surface area contributed by atoms with Crippen molar-refractivity contribution in [2.24, 2.45) is 0 Å². The van der Waals surface area contributed by atoms with Crippen molar-refractivity contribution in [2.75, 3.05) is 20.8 Å². The van der Waals surface area contributed by atoms with Gasteiger partial charge in [-0.25, -0.2) is 0 Å². The summed E-state index contributed by atoms with van der Waals surface area (Å²) in [7, 11) is 3.29. The fourth-order valence-corrected chi connectivity index (χ4v) is 3.43. The molecule has 0 aliphatic carbocycles. The molecule has 0 saturated heterocycles. The molecule has 1 aromatic heterocycles. The highest BCUT2D eigenvalue weighted by Crippen LogP contribution is 2.28. The van der Waals surface area contributed by atoms with Crippen LogP contribution in [-0.2, 0) is 9.47 Å². The summed E-state index contributed by atoms with van der Waals surface area (Å²) in [5, 5.41) is 3.08. The Kier molecular flexibility index (Phi) is 7.55. The van der Waals surface area contributed by atoms with Gasteiger partial charge in [-0.2, -0.15) is 0 Å². The Morgan fingerprint density at radius 2 is 1.71 bits per heavy atom. The monoisotopic (exact) mass is 418 g/mol. The van der Waals surface area contributed by atoms with E-state index in [0.29, 0.717) is 12.2 Å². The fourth-order valence-electron chi connectivity index (χ4n) is 3.43. The Morgan fingerprint density at radius 1 is 0.968 bits per heavy atom. The van der Waals surface area contributed by atoms with E-state index in [1.807, 2.05) is 38.1 Å². The molecule has 0 saturated carbocycles. The van der Waals surface area contributed by atoms with Crippen LogP contribution in [0, 0.1) is 13.8 Å². The van der Waals surface area contributed by atoms with E-state index in [9.17, 15) is 4.79 Å². The number of hydrogen-bond donors (Lipinski definition) is 1. The normalized spacial score (nSPS) is 12.9. The minimum absolute atomic E-state index is 0.143. The van der Waals surface area contributed by atoms with E-state index in [2.05, 4.69) is 47.6 Å². The molecule has 31 heavy (non-hydrogen) atoms. The zero-order chi connectivity index (χ0) is 22.4. The van der Waals surface area contributed by atoms with Gasteiger partial charge in [-0.15, -0.1) is 0 Å². The van der Waals surface area contributed by atoms with Crippen molar-refractivity contribution in [3.8, 4) is 11.1 Å². The lowest BCUT2D eigenvalue weighted by Gasteiger charge is -2.19. The number of carbonyl (C=O) groups excluding carboxylic acids is 1. The Hall–Kier alpha value is -3.02. The van der Waals surface area contributed by atoms with Crippen molar-refractivity contribution >= 4 is 5.91 Å². The van der Waals surface area contributed by atoms with Gasteiger partial charge in [0.05, 0.1) is 12.6 Å². The van der Waals surface area contributed by atoms with Crippen LogP contribution in [0.5, 0.6) is 0 Å². The molecule has 5 heteroatoms. The van der Waals surface area contributed by atoms with Crippen molar-refractivity contribution in [3.63, 3.8) is 0 Å². The number of nitrogens with one attached hydrogen (secondary N) is 1. The molecule has 3 rings (SSSR count). The third kappa shape index (κ3) is 5.78. The number of pyridine rings is 1. The van der Waals surface area contributed by atoms with Gasteiger partial charge in [-0.1, -0.05) is 35.9 Å². The van der Waals surface area contributed by atoms with Crippen molar-refractivity contribution in [1.29, 1.82) is 0 Å². The SMILES string of the molecule is COCC(OC)c1cc(C(=O)N[C@H](C)c2ccc(C)nc2)cc(-c2ccc(C)cc2)c1. The van der Waals surface area contributed by atoms with Gasteiger partial charge in [-0.3, -0.25) is 9.78 Å². The highest BCUT2D eigenvalue weighted by Gasteiger charge is 2.18. The minimum Gasteiger partial charge on any atom is -0.382 e. The minimum atomic E-state index is -0.263. The smallest absolute Gasteiger partial charge is 0.251 e. The van der Waals surface area contributed by atoms with E-state index in [1.165, 1.54) is 5.56 Å². The van der Waals surface area contributed by atoms with Gasteiger partial charge in [0.25, 0.3) is 5.91 Å². The van der Waals surface area contributed by atoms with Gasteiger partial charge in [0.1, 0.15) is 6.10 Å². The number of methoxy groups -OCH3 is 2. The summed E-state index contributed by atoms with van der Waals surface area (Å²) in [6.45, 7) is 6.36. The van der Waals surface area contributed by atoms with Gasteiger partial charge in [-0.05, 0) is 67.3 Å². The van der Waals surface area contributed by atoms with E-state index < -0.39 is 0 Å². The third-order valence-electron chi connectivity index (χ3n) is 5.36. The van der Waals surface area contributed by atoms with Crippen molar-refractivity contribution < 1.29 is 14.3 Å². The maximum atomic E-state index is 13.2. The Labute approximate surface area is 184 Å². The van der Waals surface area contributed by atoms with Crippen molar-refractivity contribution in [1.82, 2.24) is 10.3 Å². The number of ether oxygens (including phenoxy) is 2. The molecule has 0 aliphatic heterocycles. The molecule has 0 spiro atoms. The average Bonchev–Trinajstić information content (AvgIpc) is 2.78. The van der Waals surface area contributed by atoms with Crippen LogP contribution in [0.3, 0.4) is 0 Å². The highest BCUT2D eigenvalue weighted by atomic mass is 16.5. The number of benzene rings is 2. The maximum absolute atomic E-state index is 13.2. The number of aryl methyl sites for hydroxylation is 2. The van der Waals surface area contributed by atoms with E-state index in [4.69, 9.17) is 9.47 Å². The molecule has 162 valence electrons. The van der Waals surface area contributed by atoms with Crippen LogP contribution in [0.15, 0.2) is 60.8 Å². The zero-order valence-electron chi connectivity index (χ0n) is 18.8. The second-order valence-corrected chi connectivity index (χ2v) is 7.82. The highest BCUT2D eigenvalue weighted by molar-refractivity contribution is 5.96. The average molecular weight is 419 g/mol. The number of aromatic nitrogens is 1. The molecule has 5 nitrogen and oxygen atoms in total. The molecule has 2 aromatic carbocycles. The first-order chi connectivity index (χ1) is 14.9. The number of amides is 1. The summed E-state index contributed by atoms with van der Waals surface area (Å²) in [4.78, 5) is 17.5. The fraction of sp³-hybridized carbons (Fsp3) is 0.308. The summed E-state index contributed by atoms with van der Waals surface area (Å²) in [6, 6.07) is 17.9. The van der Waals surface area contributed by atoms with Crippen LogP contribution >= 0.6 is 0 Å². The molecule has 2 atom stereocenters. The summed E-state index contributed by atoms with van der Waals surface area (Å²) in [6.07, 6.45) is 1.54. The lowest BCUT2D eigenvalue weighted by Crippen LogP contribution is -2.27. The van der Waals surface area contributed by atoms with E-state index >= 15 is 0 Å². The molecule has 0 fully saturated rings. The quantitative estimate of drug-likeness (QED) is 0.547. The molecular weight excluding hydrogens is 388 g/mol. The largest absolute Gasteiger partial charge is 0.382 e. The van der Waals surface area contributed by atoms with Gasteiger partial charge in [0.15, 0.2) is 0 Å². The standard InChI is InChI=1S/C26H30N2O3/c1-17-6-9-20(10-7-17)22-12-23(25(31-5)16-30-4)14-24(13-22)26(29)28-19(3)21-11-8-18(2)27-15-21/h6-15,19,25H,16H2,1-5H3,(H,28,29)/t19-,25?/m1/s1. The van der Waals surface area contributed by atoms with Gasteiger partial charge < -0.3 is 14.8 Å². The van der Waals surface area contributed by atoms with Crippen LogP contribution in [0.25, 0.3) is 11.1 Å². The Balaban J connectivity index is 1.95. The van der Waals surface area contributed by atoms with Gasteiger partial charge in [0, 0.05) is 31.7 Å². The molecule has 1 amide bonds. The van der Waals surface area contributed by atoms with Crippen LogP contribution in [-0.4, -0.2) is 31.7 Å². The summed E-state index contributed by atoms with van der Waals surface area (Å²) in [5.41, 5.74) is 6.59. The zero-order valence-corrected chi connectivity index (χ0v) is 18.8. The third-order valence-corrected chi connectivity index (χ3v) is 5.36. The molecule has 1 heterocycles. The predicted molar refractivity (Wildman–Crippen MR) is 123 cm³/mol. The number of nitrogens with zero attached hydrogens (tertiary/aromatic N) is 1. The molecule has 1 unspecified atom stereocenters. The second kappa shape index (κ2) is 10.3. The van der Waals surface area contributed by atoms with E-state index in [1.54, 1.807) is 20.4 Å². The topological polar surface area (TPSA) is 60.5 Å². The van der Waals surface area contributed by atoms with Crippen molar-refractivity contribution in [3.05, 3.63) is 88.7 Å². The molecule has 0 aliphatic rings. The predicted octanol–water partition coefficient (Wildman–Crippen LogP) is 5.19. The Morgan fingerprint density at radius 3 is 2.32 bits per heavy atom. The number of hydrogen-bond acceptors (Lipinski definition) is 4. The van der Waals surface area contributed by atoms with Gasteiger partial charge in [0.2, 0.25) is 0 Å². The lowest BCUT2D eigenvalue weighted by atomic mass is 9.96. The van der Waals surface area contributed by atoms with Crippen LogP contribution in [0.1, 0.15) is 51.8 Å². The summed E-state index contributed by atoms with van der Waals surface area (Å²) in [5.74, 6) is -0.143. The maximum Gasteiger partial charge on any atom is 0.251 e. The number of carbonyl (C=O) groups is 1. The number of rotatable bonds is 8. The Bertz CT molecular complexity index is 1010. The van der Waals surface area contributed by atoms with Gasteiger partial charge >= 0.3 is 0 Å². The molecule has 0 bridgehead atoms. The molecular formula is C26H30N2O3. The van der Waals surface area contributed by atoms with E-state index in [-0.39, 0.29) is 18.1 Å². The van der Waals surface area contributed by atoms with Crippen LogP contribution < -0.4 is 5.32 Å². The first-order valence-corrected chi connectivity index (χ1v) is 10.4. The van der Waals surface area contributed by atoms with Crippen molar-refractivity contribution in [2.45, 2.75) is 32.9 Å². The summed E-state index contributed by atoms with van der Waals surface area (Å²) >= 11 is 0. The van der Waals surface area contributed by atoms with Crippen LogP contribution in [0.2, 0.25) is 0 Å². The lowest BCUT2D eigenvalue weighted by molar-refractivity contribution is 0.0274. The molecule has 0 radical (unpaired) electrons. The molecule has 1 N–H and O–H groups in total. The summed E-state index contributed by atoms with van der Waals surface area (Å²) < 4.78 is 10.9. The first kappa shape index (κ1) is 22.7. The van der Waals surface area contributed by atoms with E-state index in [0.717, 1.165) is 27.9 Å². The second-order valence-electron chi connectivity index (χ2n) is 7.82. The molecule has 3 aromatic rings. The first-order valence-electron chi connectivity index (χ1n) is 10.4. The van der Waals surface area contributed by atoms with Crippen LogP contribution in [0.4, 0.5) is 0 Å².